The van der Waals surface area contributed by atoms with Gasteiger partial charge in [0.15, 0.2) is 5.69 Å². The van der Waals surface area contributed by atoms with Gasteiger partial charge in [-0.1, -0.05) is 23.4 Å². The van der Waals surface area contributed by atoms with Gasteiger partial charge in [-0.05, 0) is 25.0 Å². The third-order valence-electron chi connectivity index (χ3n) is 4.36. The number of benzene rings is 1. The second-order valence-corrected chi connectivity index (χ2v) is 5.94. The van der Waals surface area contributed by atoms with Crippen molar-refractivity contribution in [2.24, 2.45) is 0 Å². The van der Waals surface area contributed by atoms with E-state index in [0.717, 1.165) is 25.1 Å². The van der Waals surface area contributed by atoms with Crippen LogP contribution in [0.4, 0.5) is 0 Å². The highest BCUT2D eigenvalue weighted by atomic mass is 16.2. The maximum absolute atomic E-state index is 12.7. The van der Waals surface area contributed by atoms with E-state index in [9.17, 15) is 4.79 Å². The van der Waals surface area contributed by atoms with Gasteiger partial charge in [-0.2, -0.15) is 0 Å². The second kappa shape index (κ2) is 6.27. The molecular formula is C17H18N6O. The van der Waals surface area contributed by atoms with Gasteiger partial charge in [-0.25, -0.2) is 9.67 Å². The van der Waals surface area contributed by atoms with Crippen molar-refractivity contribution in [1.29, 1.82) is 0 Å². The first-order chi connectivity index (χ1) is 11.8. The maximum Gasteiger partial charge on any atom is 0.276 e. The molecule has 2 aromatic heterocycles. The van der Waals surface area contributed by atoms with Gasteiger partial charge >= 0.3 is 0 Å². The fourth-order valence-corrected chi connectivity index (χ4v) is 3.10. The molecule has 1 amide bonds. The number of imidazole rings is 1. The number of likely N-dealkylation sites (tertiary alicyclic amines) is 1. The number of hydrogen-bond donors (Lipinski definition) is 0. The minimum absolute atomic E-state index is 0.0676. The SMILES string of the molecule is O=C(c1cn(-c2ccccc2)nn1)N1CCC[C@H](n2ccnc2)C1. The first kappa shape index (κ1) is 14.6. The first-order valence-corrected chi connectivity index (χ1v) is 8.06. The number of piperidine rings is 1. The molecule has 7 nitrogen and oxygen atoms in total. The molecule has 1 aromatic carbocycles. The molecule has 0 spiro atoms. The van der Waals surface area contributed by atoms with Gasteiger partial charge in [0, 0.05) is 25.5 Å². The van der Waals surface area contributed by atoms with E-state index in [-0.39, 0.29) is 11.9 Å². The standard InChI is InChI=1S/C17H18N6O/c24-17(16-12-23(20-19-16)14-5-2-1-3-6-14)21-9-4-7-15(11-21)22-10-8-18-13-22/h1-3,5-6,8,10,12-13,15H,4,7,9,11H2/t15-/m0/s1. The fourth-order valence-electron chi connectivity index (χ4n) is 3.10. The number of rotatable bonds is 3. The molecule has 0 unspecified atom stereocenters. The van der Waals surface area contributed by atoms with Crippen molar-refractivity contribution in [3.8, 4) is 5.69 Å². The Balaban J connectivity index is 1.50. The summed E-state index contributed by atoms with van der Waals surface area (Å²) >= 11 is 0. The van der Waals surface area contributed by atoms with Crippen LogP contribution >= 0.6 is 0 Å². The van der Waals surface area contributed by atoms with Gasteiger partial charge in [0.25, 0.3) is 5.91 Å². The summed E-state index contributed by atoms with van der Waals surface area (Å²) in [7, 11) is 0. The summed E-state index contributed by atoms with van der Waals surface area (Å²) in [5.74, 6) is -0.0676. The normalized spacial score (nSPS) is 17.8. The van der Waals surface area contributed by atoms with E-state index < -0.39 is 0 Å². The highest BCUT2D eigenvalue weighted by Crippen LogP contribution is 2.22. The molecule has 3 heterocycles. The lowest BCUT2D eigenvalue weighted by Gasteiger charge is -2.32. The molecule has 1 atom stereocenters. The molecule has 1 aliphatic heterocycles. The summed E-state index contributed by atoms with van der Waals surface area (Å²) < 4.78 is 3.70. The van der Waals surface area contributed by atoms with Crippen LogP contribution in [0.15, 0.2) is 55.2 Å². The van der Waals surface area contributed by atoms with Crippen LogP contribution in [0.2, 0.25) is 0 Å². The number of amides is 1. The molecule has 0 N–H and O–H groups in total. The minimum atomic E-state index is -0.0676. The number of nitrogens with zero attached hydrogens (tertiary/aromatic N) is 6. The van der Waals surface area contributed by atoms with E-state index in [1.165, 1.54) is 0 Å². The average Bonchev–Trinajstić information content (AvgIpc) is 3.34. The molecule has 0 radical (unpaired) electrons. The lowest BCUT2D eigenvalue weighted by atomic mass is 10.1. The van der Waals surface area contributed by atoms with Gasteiger partial charge in [0.1, 0.15) is 0 Å². The summed E-state index contributed by atoms with van der Waals surface area (Å²) in [6.07, 6.45) is 9.25. The average molecular weight is 322 g/mol. The van der Waals surface area contributed by atoms with Crippen LogP contribution in [0.3, 0.4) is 0 Å². The Morgan fingerprint density at radius 3 is 2.88 bits per heavy atom. The Hall–Kier alpha value is -2.96. The Morgan fingerprint density at radius 2 is 2.08 bits per heavy atom. The summed E-state index contributed by atoms with van der Waals surface area (Å²) in [6, 6.07) is 9.93. The third-order valence-corrected chi connectivity index (χ3v) is 4.36. The number of para-hydroxylation sites is 1. The van der Waals surface area contributed by atoms with Crippen LogP contribution in [0.1, 0.15) is 29.4 Å². The van der Waals surface area contributed by atoms with Crippen LogP contribution in [0, 0.1) is 0 Å². The number of carbonyl (C=O) groups excluding carboxylic acids is 1. The topological polar surface area (TPSA) is 68.8 Å². The molecule has 122 valence electrons. The first-order valence-electron chi connectivity index (χ1n) is 8.06. The van der Waals surface area contributed by atoms with Gasteiger partial charge < -0.3 is 9.47 Å². The van der Waals surface area contributed by atoms with Crippen LogP contribution in [0.5, 0.6) is 0 Å². The molecule has 4 rings (SSSR count). The highest BCUT2D eigenvalue weighted by Gasteiger charge is 2.26. The molecule has 1 fully saturated rings. The zero-order chi connectivity index (χ0) is 16.4. The number of hydrogen-bond acceptors (Lipinski definition) is 4. The quantitative estimate of drug-likeness (QED) is 0.739. The Kier molecular flexibility index (Phi) is 3.82. The van der Waals surface area contributed by atoms with Crippen molar-refractivity contribution in [2.45, 2.75) is 18.9 Å². The van der Waals surface area contributed by atoms with Gasteiger partial charge in [0.2, 0.25) is 0 Å². The Morgan fingerprint density at radius 1 is 1.21 bits per heavy atom. The monoisotopic (exact) mass is 322 g/mol. The van der Waals surface area contributed by atoms with E-state index >= 15 is 0 Å². The molecule has 7 heteroatoms. The zero-order valence-corrected chi connectivity index (χ0v) is 13.2. The lowest BCUT2D eigenvalue weighted by Crippen LogP contribution is -2.40. The van der Waals surface area contributed by atoms with Crippen LogP contribution in [-0.2, 0) is 0 Å². The maximum atomic E-state index is 12.7. The van der Waals surface area contributed by atoms with Crippen LogP contribution in [-0.4, -0.2) is 48.4 Å². The molecule has 0 aliphatic carbocycles. The summed E-state index contributed by atoms with van der Waals surface area (Å²) in [4.78, 5) is 18.7. The number of aromatic nitrogens is 5. The van der Waals surface area contributed by atoms with E-state index in [0.29, 0.717) is 12.2 Å². The largest absolute Gasteiger partial charge is 0.335 e. The van der Waals surface area contributed by atoms with Crippen LogP contribution in [0.25, 0.3) is 5.69 Å². The van der Waals surface area contributed by atoms with E-state index in [4.69, 9.17) is 0 Å². The van der Waals surface area contributed by atoms with Gasteiger partial charge in [-0.3, -0.25) is 4.79 Å². The number of carbonyl (C=O) groups is 1. The smallest absolute Gasteiger partial charge is 0.276 e. The van der Waals surface area contributed by atoms with Crippen molar-refractivity contribution >= 4 is 5.91 Å². The lowest BCUT2D eigenvalue weighted by molar-refractivity contribution is 0.0673. The van der Waals surface area contributed by atoms with E-state index in [1.807, 2.05) is 47.8 Å². The van der Waals surface area contributed by atoms with Gasteiger partial charge in [-0.15, -0.1) is 5.10 Å². The molecule has 1 saturated heterocycles. The Bertz CT molecular complexity index is 811. The second-order valence-electron chi connectivity index (χ2n) is 5.94. The Labute approximate surface area is 139 Å². The highest BCUT2D eigenvalue weighted by molar-refractivity contribution is 5.92. The molecule has 24 heavy (non-hydrogen) atoms. The fraction of sp³-hybridized carbons (Fsp3) is 0.294. The van der Waals surface area contributed by atoms with E-state index in [2.05, 4.69) is 19.9 Å². The minimum Gasteiger partial charge on any atom is -0.335 e. The molecular weight excluding hydrogens is 304 g/mol. The van der Waals surface area contributed by atoms with Crippen LogP contribution < -0.4 is 0 Å². The van der Waals surface area contributed by atoms with E-state index in [1.54, 1.807) is 17.1 Å². The van der Waals surface area contributed by atoms with Crippen molar-refractivity contribution in [1.82, 2.24) is 29.4 Å². The molecule has 3 aromatic rings. The summed E-state index contributed by atoms with van der Waals surface area (Å²) in [6.45, 7) is 1.43. The van der Waals surface area contributed by atoms with Crippen molar-refractivity contribution < 1.29 is 4.79 Å². The zero-order valence-electron chi connectivity index (χ0n) is 13.2. The summed E-state index contributed by atoms with van der Waals surface area (Å²) in [5.41, 5.74) is 1.27. The summed E-state index contributed by atoms with van der Waals surface area (Å²) in [5, 5.41) is 8.13. The third kappa shape index (κ3) is 2.80. The van der Waals surface area contributed by atoms with Crippen molar-refractivity contribution in [3.63, 3.8) is 0 Å². The molecule has 0 bridgehead atoms. The van der Waals surface area contributed by atoms with Crippen molar-refractivity contribution in [2.75, 3.05) is 13.1 Å². The predicted molar refractivity (Wildman–Crippen MR) is 87.8 cm³/mol. The predicted octanol–water partition coefficient (Wildman–Crippen LogP) is 1.94. The van der Waals surface area contributed by atoms with Gasteiger partial charge in [0.05, 0.1) is 24.3 Å². The molecule has 1 aliphatic rings. The van der Waals surface area contributed by atoms with Crippen molar-refractivity contribution in [3.05, 3.63) is 60.9 Å². The molecule has 0 saturated carbocycles.